The molecule has 0 amide bonds. The Morgan fingerprint density at radius 1 is 1.08 bits per heavy atom. The van der Waals surface area contributed by atoms with Gasteiger partial charge < -0.3 is 23.6 Å². The fourth-order valence-corrected chi connectivity index (χ4v) is 6.62. The van der Waals surface area contributed by atoms with Gasteiger partial charge in [0, 0.05) is 12.7 Å². The van der Waals surface area contributed by atoms with Crippen LogP contribution in [0.15, 0.2) is 24.3 Å². The van der Waals surface area contributed by atoms with E-state index in [4.69, 9.17) is 14.5 Å². The minimum atomic E-state index is -5.13. The maximum Gasteiger partial charge on any atom is 0.260 e. The van der Waals surface area contributed by atoms with Crippen molar-refractivity contribution in [3.8, 4) is 5.75 Å². The first-order valence-electron chi connectivity index (χ1n) is 9.10. The van der Waals surface area contributed by atoms with Gasteiger partial charge in [-0.2, -0.15) is 4.89 Å². The molecule has 142 valence electrons. The van der Waals surface area contributed by atoms with Gasteiger partial charge in [-0.3, -0.25) is 0 Å². The van der Waals surface area contributed by atoms with Gasteiger partial charge in [-0.05, 0) is 67.9 Å². The van der Waals surface area contributed by atoms with E-state index >= 15 is 0 Å². The molecule has 5 fully saturated rings. The first-order chi connectivity index (χ1) is 12.4. The molecule has 1 unspecified atom stereocenters. The van der Waals surface area contributed by atoms with E-state index in [1.54, 1.807) is 19.2 Å². The lowest BCUT2D eigenvalue weighted by Gasteiger charge is -2.68. The molecule has 1 saturated heterocycles. The molecule has 4 saturated carbocycles. The summed E-state index contributed by atoms with van der Waals surface area (Å²) in [4.78, 5) is 33.4. The number of hydrogen-bond donors (Lipinski definition) is 0. The lowest BCUT2D eigenvalue weighted by Crippen LogP contribution is -2.76. The van der Waals surface area contributed by atoms with Crippen LogP contribution in [0.2, 0.25) is 0 Å². The molecule has 0 aromatic heterocycles. The summed E-state index contributed by atoms with van der Waals surface area (Å²) in [5.41, 5.74) is 0.0524. The standard InChI is InChI=1S/C18H23O7P/c1-22-18(13-3-2-4-16(10-13)23-26(19,20)21)17(24-25-18)14-6-11-5-12(8-14)9-15(17)7-11/h2-4,10-12,14-15H,5-9H2,1H3,(H2,19,20,21)/p-2. The largest absolute Gasteiger partial charge is 0.780 e. The summed E-state index contributed by atoms with van der Waals surface area (Å²) in [5, 5.41) is 0. The minimum Gasteiger partial charge on any atom is -0.780 e. The van der Waals surface area contributed by atoms with E-state index in [-0.39, 0.29) is 5.75 Å². The summed E-state index contributed by atoms with van der Waals surface area (Å²) in [6.45, 7) is 0. The highest BCUT2D eigenvalue weighted by atomic mass is 31.2. The van der Waals surface area contributed by atoms with Crippen molar-refractivity contribution in [3.63, 3.8) is 0 Å². The molecule has 1 spiro atoms. The predicted molar refractivity (Wildman–Crippen MR) is 85.3 cm³/mol. The number of methoxy groups -OCH3 is 1. The molecule has 1 aliphatic heterocycles. The van der Waals surface area contributed by atoms with Crippen LogP contribution >= 0.6 is 7.82 Å². The van der Waals surface area contributed by atoms with Crippen LogP contribution < -0.4 is 14.3 Å². The van der Waals surface area contributed by atoms with Crippen molar-refractivity contribution in [1.82, 2.24) is 0 Å². The van der Waals surface area contributed by atoms with E-state index in [2.05, 4.69) is 4.52 Å². The Balaban J connectivity index is 1.55. The van der Waals surface area contributed by atoms with Gasteiger partial charge in [0.05, 0.1) is 0 Å². The van der Waals surface area contributed by atoms with Gasteiger partial charge >= 0.3 is 0 Å². The Labute approximate surface area is 151 Å². The number of phosphoric acid groups is 1. The number of benzene rings is 1. The van der Waals surface area contributed by atoms with Crippen LogP contribution in [-0.4, -0.2) is 12.7 Å². The molecule has 1 heterocycles. The Morgan fingerprint density at radius 2 is 1.73 bits per heavy atom. The third-order valence-corrected chi connectivity index (χ3v) is 7.32. The second-order valence-electron chi connectivity index (χ2n) is 8.15. The third kappa shape index (κ3) is 2.22. The zero-order valence-corrected chi connectivity index (χ0v) is 15.4. The van der Waals surface area contributed by atoms with Gasteiger partial charge in [-0.15, -0.1) is 0 Å². The summed E-state index contributed by atoms with van der Waals surface area (Å²) in [7, 11) is -3.56. The van der Waals surface area contributed by atoms with E-state index < -0.39 is 19.2 Å². The van der Waals surface area contributed by atoms with Crippen LogP contribution in [0.4, 0.5) is 0 Å². The molecule has 6 rings (SSSR count). The highest BCUT2D eigenvalue weighted by molar-refractivity contribution is 7.43. The molecule has 7 nitrogen and oxygen atoms in total. The number of phosphoric ester groups is 1. The summed E-state index contributed by atoms with van der Waals surface area (Å²) < 4.78 is 21.4. The average Bonchev–Trinajstić information content (AvgIpc) is 2.53. The Hall–Kier alpha value is -0.950. The molecule has 4 bridgehead atoms. The highest BCUT2D eigenvalue weighted by Crippen LogP contribution is 2.69. The van der Waals surface area contributed by atoms with Crippen molar-refractivity contribution in [2.45, 2.75) is 43.5 Å². The second kappa shape index (κ2) is 5.53. The molecular formula is C18H21O7P-2. The Bertz CT molecular complexity index is 743. The molecule has 26 heavy (non-hydrogen) atoms. The second-order valence-corrected chi connectivity index (χ2v) is 9.23. The zero-order chi connectivity index (χ0) is 18.2. The summed E-state index contributed by atoms with van der Waals surface area (Å²) in [5.74, 6) is 1.06. The van der Waals surface area contributed by atoms with Crippen LogP contribution in [0, 0.1) is 23.7 Å². The molecule has 4 aliphatic carbocycles. The topological polar surface area (TPSA) is 100 Å². The molecular weight excluding hydrogens is 359 g/mol. The monoisotopic (exact) mass is 380 g/mol. The molecule has 0 N–H and O–H groups in total. The van der Waals surface area contributed by atoms with Crippen molar-refractivity contribution in [2.24, 2.45) is 23.7 Å². The smallest absolute Gasteiger partial charge is 0.260 e. The lowest BCUT2D eigenvalue weighted by atomic mass is 9.47. The van der Waals surface area contributed by atoms with Crippen LogP contribution in [0.5, 0.6) is 5.75 Å². The summed E-state index contributed by atoms with van der Waals surface area (Å²) in [6.07, 6.45) is 5.74. The molecule has 0 radical (unpaired) electrons. The minimum absolute atomic E-state index is 0.0401. The average molecular weight is 380 g/mol. The summed E-state index contributed by atoms with van der Waals surface area (Å²) >= 11 is 0. The fraction of sp³-hybridized carbons (Fsp3) is 0.667. The van der Waals surface area contributed by atoms with Gasteiger partial charge in [0.2, 0.25) is 0 Å². The number of ether oxygens (including phenoxy) is 1. The maximum atomic E-state index is 11.0. The normalized spacial score (nSPS) is 43.5. The van der Waals surface area contributed by atoms with E-state index in [9.17, 15) is 14.4 Å². The first-order valence-corrected chi connectivity index (χ1v) is 10.6. The van der Waals surface area contributed by atoms with E-state index in [0.717, 1.165) is 37.5 Å². The molecule has 1 aromatic carbocycles. The van der Waals surface area contributed by atoms with E-state index in [1.165, 1.54) is 18.6 Å². The molecule has 1 atom stereocenters. The number of hydrogen-bond acceptors (Lipinski definition) is 7. The zero-order valence-electron chi connectivity index (χ0n) is 14.5. The first kappa shape index (κ1) is 17.2. The van der Waals surface area contributed by atoms with E-state index in [1.807, 2.05) is 0 Å². The van der Waals surface area contributed by atoms with Crippen LogP contribution in [0.1, 0.15) is 37.7 Å². The molecule has 1 aromatic rings. The summed E-state index contributed by atoms with van der Waals surface area (Å²) in [6, 6.07) is 6.36. The third-order valence-electron chi connectivity index (χ3n) is 6.88. The van der Waals surface area contributed by atoms with Gasteiger partial charge in [0.15, 0.2) is 5.60 Å². The van der Waals surface area contributed by atoms with Crippen LogP contribution in [-0.2, 0) is 24.9 Å². The van der Waals surface area contributed by atoms with Crippen molar-refractivity contribution in [2.75, 3.05) is 7.11 Å². The Morgan fingerprint density at radius 3 is 2.23 bits per heavy atom. The molecule has 5 aliphatic rings. The maximum absolute atomic E-state index is 11.0. The van der Waals surface area contributed by atoms with Gasteiger partial charge in [-0.1, -0.05) is 12.1 Å². The van der Waals surface area contributed by atoms with Gasteiger partial charge in [-0.25, -0.2) is 4.89 Å². The van der Waals surface area contributed by atoms with E-state index in [0.29, 0.717) is 17.4 Å². The van der Waals surface area contributed by atoms with Crippen LogP contribution in [0.25, 0.3) is 0 Å². The van der Waals surface area contributed by atoms with Crippen molar-refractivity contribution in [1.29, 1.82) is 0 Å². The highest BCUT2D eigenvalue weighted by Gasteiger charge is 2.76. The SMILES string of the molecule is COC1(c2cccc(OP(=O)([O-])[O-])c2)OOC12C1CC3CC(C1)CC2C3. The van der Waals surface area contributed by atoms with Crippen molar-refractivity contribution < 1.29 is 33.4 Å². The van der Waals surface area contributed by atoms with Gasteiger partial charge in [0.25, 0.3) is 5.79 Å². The lowest BCUT2D eigenvalue weighted by molar-refractivity contribution is -0.645. The van der Waals surface area contributed by atoms with Crippen molar-refractivity contribution in [3.05, 3.63) is 29.8 Å². The van der Waals surface area contributed by atoms with Crippen LogP contribution in [0.3, 0.4) is 0 Å². The fourth-order valence-electron chi connectivity index (χ4n) is 6.24. The number of rotatable bonds is 4. The van der Waals surface area contributed by atoms with Crippen molar-refractivity contribution >= 4 is 7.82 Å². The Kier molecular flexibility index (Phi) is 3.65. The molecule has 8 heteroatoms. The van der Waals surface area contributed by atoms with Gasteiger partial charge in [0.1, 0.15) is 13.6 Å². The quantitative estimate of drug-likeness (QED) is 0.580. The predicted octanol–water partition coefficient (Wildman–Crippen LogP) is 1.85.